The van der Waals surface area contributed by atoms with Crippen molar-refractivity contribution in [1.29, 1.82) is 0 Å². The molecule has 3 aromatic heterocycles. The zero-order chi connectivity index (χ0) is 24.4. The molecule has 0 amide bonds. The molecule has 5 aromatic rings. The normalized spacial score (nSPS) is 12.1. The van der Waals surface area contributed by atoms with Crippen LogP contribution in [0.5, 0.6) is 0 Å². The van der Waals surface area contributed by atoms with Crippen LogP contribution in [-0.2, 0) is 6.18 Å². The highest BCUT2D eigenvalue weighted by Crippen LogP contribution is 2.31. The van der Waals surface area contributed by atoms with Crippen molar-refractivity contribution in [3.8, 4) is 17.3 Å². The molecule has 2 aromatic carbocycles. The van der Waals surface area contributed by atoms with E-state index < -0.39 is 23.1 Å². The van der Waals surface area contributed by atoms with E-state index in [2.05, 4.69) is 15.1 Å². The number of rotatable bonds is 2. The van der Waals surface area contributed by atoms with E-state index >= 15 is 0 Å². The third kappa shape index (κ3) is 3.60. The van der Waals surface area contributed by atoms with E-state index in [-0.39, 0.29) is 38.8 Å². The predicted molar refractivity (Wildman–Crippen MR) is 118 cm³/mol. The maximum absolute atomic E-state index is 14.8. The number of aromatic nitrogens is 4. The summed E-state index contributed by atoms with van der Waals surface area (Å²) in [6, 6.07) is 8.00. The highest BCUT2D eigenvalue weighted by atomic mass is 35.5. The average molecular weight is 489 g/mol. The number of hydrogen-bond donors (Lipinski definition) is 0. The van der Waals surface area contributed by atoms with Crippen LogP contribution in [0.4, 0.5) is 17.6 Å². The molecule has 5 rings (SSSR count). The summed E-state index contributed by atoms with van der Waals surface area (Å²) >= 11 is 5.88. The van der Waals surface area contributed by atoms with Gasteiger partial charge in [0.25, 0.3) is 5.89 Å². The molecule has 6 nitrogen and oxygen atoms in total. The molecule has 0 saturated carbocycles. The molecular formula is C23H13ClF4N4O2. The van der Waals surface area contributed by atoms with E-state index in [1.54, 1.807) is 12.1 Å². The second-order valence-corrected chi connectivity index (χ2v) is 8.13. The van der Waals surface area contributed by atoms with Crippen molar-refractivity contribution >= 4 is 33.6 Å². The van der Waals surface area contributed by atoms with Gasteiger partial charge in [-0.3, -0.25) is 4.79 Å². The van der Waals surface area contributed by atoms with Crippen LogP contribution in [0.3, 0.4) is 0 Å². The second kappa shape index (κ2) is 7.63. The molecule has 0 spiro atoms. The van der Waals surface area contributed by atoms with Crippen molar-refractivity contribution in [2.45, 2.75) is 20.0 Å². The van der Waals surface area contributed by atoms with Crippen molar-refractivity contribution in [3.05, 3.63) is 80.5 Å². The highest BCUT2D eigenvalue weighted by Gasteiger charge is 2.33. The molecular weight excluding hydrogens is 476 g/mol. The lowest BCUT2D eigenvalue weighted by Gasteiger charge is -2.14. The first kappa shape index (κ1) is 22.0. The summed E-state index contributed by atoms with van der Waals surface area (Å²) < 4.78 is 60.6. The molecule has 0 aliphatic rings. The van der Waals surface area contributed by atoms with Crippen molar-refractivity contribution in [3.63, 3.8) is 0 Å². The van der Waals surface area contributed by atoms with Gasteiger partial charge in [0.2, 0.25) is 5.43 Å². The Morgan fingerprint density at radius 1 is 1.06 bits per heavy atom. The van der Waals surface area contributed by atoms with Gasteiger partial charge in [0, 0.05) is 11.1 Å². The van der Waals surface area contributed by atoms with E-state index in [1.165, 1.54) is 16.8 Å². The van der Waals surface area contributed by atoms with Crippen molar-refractivity contribution in [2.75, 3.05) is 0 Å². The van der Waals surface area contributed by atoms with Crippen LogP contribution in [0, 0.1) is 19.7 Å². The predicted octanol–water partition coefficient (Wildman–Crippen LogP) is 6.02. The SMILES string of the molecule is Cc1cc2c(=O)c(-c3nc4cnc(C(F)(F)F)cc4o3)nn(-c3ccc(Cl)cc3F)c2cc1C. The Morgan fingerprint density at radius 3 is 2.50 bits per heavy atom. The molecule has 0 bridgehead atoms. The Morgan fingerprint density at radius 2 is 1.79 bits per heavy atom. The number of hydrogen-bond acceptors (Lipinski definition) is 5. The quantitative estimate of drug-likeness (QED) is 0.284. The first-order valence-electron chi connectivity index (χ1n) is 9.87. The summed E-state index contributed by atoms with van der Waals surface area (Å²) in [5, 5.41) is 4.67. The molecule has 11 heteroatoms. The lowest BCUT2D eigenvalue weighted by Crippen LogP contribution is -2.17. The number of halogens is 5. The molecule has 0 saturated heterocycles. The van der Waals surface area contributed by atoms with Gasteiger partial charge in [0.1, 0.15) is 22.7 Å². The highest BCUT2D eigenvalue weighted by molar-refractivity contribution is 6.30. The topological polar surface area (TPSA) is 73.8 Å². The zero-order valence-corrected chi connectivity index (χ0v) is 18.3. The minimum absolute atomic E-state index is 0.00797. The number of fused-ring (bicyclic) bond motifs is 2. The number of pyridine rings is 1. The molecule has 172 valence electrons. The lowest BCUT2D eigenvalue weighted by atomic mass is 10.1. The number of alkyl halides is 3. The number of benzene rings is 2. The van der Waals surface area contributed by atoms with Crippen molar-refractivity contribution in [1.82, 2.24) is 19.7 Å². The van der Waals surface area contributed by atoms with Gasteiger partial charge in [-0.05, 0) is 55.3 Å². The van der Waals surface area contributed by atoms with Crippen LogP contribution in [0.25, 0.3) is 39.3 Å². The maximum atomic E-state index is 14.8. The van der Waals surface area contributed by atoms with Crippen molar-refractivity contribution < 1.29 is 22.0 Å². The smallest absolute Gasteiger partial charge is 0.433 e. The van der Waals surface area contributed by atoms with E-state index in [4.69, 9.17) is 16.0 Å². The first-order chi connectivity index (χ1) is 16.0. The van der Waals surface area contributed by atoms with Crippen LogP contribution in [0.2, 0.25) is 5.02 Å². The number of oxazole rings is 1. The summed E-state index contributed by atoms with van der Waals surface area (Å²) in [5.74, 6) is -1.00. The molecule has 0 unspecified atom stereocenters. The molecule has 0 aliphatic carbocycles. The number of aryl methyl sites for hydroxylation is 2. The molecule has 0 atom stereocenters. The van der Waals surface area contributed by atoms with Crippen LogP contribution < -0.4 is 5.43 Å². The molecule has 0 fully saturated rings. The Bertz CT molecular complexity index is 1670. The van der Waals surface area contributed by atoms with Crippen LogP contribution >= 0.6 is 11.6 Å². The van der Waals surface area contributed by atoms with E-state index in [1.807, 2.05) is 13.8 Å². The molecule has 0 N–H and O–H groups in total. The monoisotopic (exact) mass is 488 g/mol. The fraction of sp³-hybridized carbons (Fsp3) is 0.130. The first-order valence-corrected chi connectivity index (χ1v) is 10.2. The average Bonchev–Trinajstić information content (AvgIpc) is 3.18. The Hall–Kier alpha value is -3.79. The number of nitrogens with zero attached hydrogens (tertiary/aromatic N) is 4. The maximum Gasteiger partial charge on any atom is 0.433 e. The summed E-state index contributed by atoms with van der Waals surface area (Å²) in [6.07, 6.45) is -3.78. The molecule has 0 radical (unpaired) electrons. The summed E-state index contributed by atoms with van der Waals surface area (Å²) in [6.45, 7) is 3.65. The van der Waals surface area contributed by atoms with Gasteiger partial charge in [-0.25, -0.2) is 19.0 Å². The van der Waals surface area contributed by atoms with Crippen LogP contribution in [0.15, 0.2) is 51.8 Å². The standard InChI is InChI=1S/C23H13ClF4N4O2/c1-10-5-13-17(6-11(10)2)32(16-4-3-12(24)7-14(16)25)31-20(21(13)33)22-30-15-9-29-19(23(26,27)28)8-18(15)34-22/h3-9H,1-2H3. The zero-order valence-electron chi connectivity index (χ0n) is 17.5. The van der Waals surface area contributed by atoms with Crippen LogP contribution in [0.1, 0.15) is 16.8 Å². The van der Waals surface area contributed by atoms with Gasteiger partial charge in [-0.15, -0.1) is 0 Å². The van der Waals surface area contributed by atoms with Gasteiger partial charge in [-0.1, -0.05) is 11.6 Å². The second-order valence-electron chi connectivity index (χ2n) is 7.69. The Kier molecular flexibility index (Phi) is 4.94. The molecule has 34 heavy (non-hydrogen) atoms. The summed E-state index contributed by atoms with van der Waals surface area (Å²) in [4.78, 5) is 20.8. The third-order valence-electron chi connectivity index (χ3n) is 5.41. The van der Waals surface area contributed by atoms with Gasteiger partial charge >= 0.3 is 6.18 Å². The van der Waals surface area contributed by atoms with E-state index in [0.29, 0.717) is 11.6 Å². The minimum Gasteiger partial charge on any atom is -0.434 e. The molecule has 3 heterocycles. The van der Waals surface area contributed by atoms with Crippen molar-refractivity contribution in [2.24, 2.45) is 0 Å². The van der Waals surface area contributed by atoms with Gasteiger partial charge in [0.05, 0.1) is 17.1 Å². The minimum atomic E-state index is -4.68. The molecule has 0 aliphatic heterocycles. The Labute approximate surface area is 193 Å². The lowest BCUT2D eigenvalue weighted by molar-refractivity contribution is -0.141. The van der Waals surface area contributed by atoms with Crippen LogP contribution in [-0.4, -0.2) is 19.7 Å². The van der Waals surface area contributed by atoms with Gasteiger partial charge in [-0.2, -0.15) is 18.3 Å². The largest absolute Gasteiger partial charge is 0.434 e. The van der Waals surface area contributed by atoms with Gasteiger partial charge < -0.3 is 4.42 Å². The third-order valence-corrected chi connectivity index (χ3v) is 5.64. The van der Waals surface area contributed by atoms with E-state index in [9.17, 15) is 22.4 Å². The fourth-order valence-corrected chi connectivity index (χ4v) is 3.71. The Balaban J connectivity index is 1.82. The summed E-state index contributed by atoms with van der Waals surface area (Å²) in [7, 11) is 0. The summed E-state index contributed by atoms with van der Waals surface area (Å²) in [5.41, 5.74) is -0.253. The fourth-order valence-electron chi connectivity index (χ4n) is 3.55. The van der Waals surface area contributed by atoms with E-state index in [0.717, 1.165) is 23.4 Å². The van der Waals surface area contributed by atoms with Gasteiger partial charge in [0.15, 0.2) is 11.3 Å².